The van der Waals surface area contributed by atoms with Crippen LogP contribution in [0.2, 0.25) is 0 Å². The molecule has 1 fully saturated rings. The number of rotatable bonds is 10. The zero-order valence-electron chi connectivity index (χ0n) is 14.7. The molecule has 1 aliphatic heterocycles. The molecule has 0 bridgehead atoms. The van der Waals surface area contributed by atoms with Crippen LogP contribution < -0.4 is 5.73 Å². The van der Waals surface area contributed by atoms with Gasteiger partial charge in [-0.3, -0.25) is 4.99 Å². The molecule has 1 unspecified atom stereocenters. The second-order valence-electron chi connectivity index (χ2n) is 6.31. The number of nitrogens with zero attached hydrogens (tertiary/aromatic N) is 4. The molecule has 9 nitrogen and oxygen atoms in total. The molecule has 5 N–H and O–H groups in total. The zero-order chi connectivity index (χ0) is 18.2. The Labute approximate surface area is 147 Å². The number of nitrogens with two attached hydrogens (primary N) is 1. The largest absolute Gasteiger partial charge is 0.394 e. The van der Waals surface area contributed by atoms with Gasteiger partial charge in [0, 0.05) is 6.54 Å². The van der Waals surface area contributed by atoms with E-state index in [0.29, 0.717) is 6.54 Å². The Morgan fingerprint density at radius 2 is 1.96 bits per heavy atom. The lowest BCUT2D eigenvalue weighted by Crippen LogP contribution is -2.33. The van der Waals surface area contributed by atoms with Gasteiger partial charge in [0.05, 0.1) is 6.61 Å². The van der Waals surface area contributed by atoms with Crippen LogP contribution >= 0.6 is 0 Å². The molecule has 0 aromatic carbocycles. The maximum Gasteiger partial charge on any atom is 0.216 e. The molecule has 9 heteroatoms. The summed E-state index contributed by atoms with van der Waals surface area (Å²) in [5.41, 5.74) is 5.90. The second kappa shape index (κ2) is 9.81. The average Bonchev–Trinajstić information content (AvgIpc) is 3.20. The van der Waals surface area contributed by atoms with Crippen LogP contribution in [0.5, 0.6) is 0 Å². The van der Waals surface area contributed by atoms with Crippen molar-refractivity contribution in [3.05, 3.63) is 12.2 Å². The van der Waals surface area contributed by atoms with Crippen LogP contribution in [-0.2, 0) is 4.74 Å². The van der Waals surface area contributed by atoms with E-state index in [4.69, 9.17) is 15.6 Å². The predicted octanol–water partition coefficient (Wildman–Crippen LogP) is -0.0446. The monoisotopic (exact) mass is 355 g/mol. The van der Waals surface area contributed by atoms with E-state index in [1.807, 2.05) is 0 Å². The van der Waals surface area contributed by atoms with E-state index in [-0.39, 0.29) is 11.7 Å². The molecule has 2 heterocycles. The van der Waals surface area contributed by atoms with Crippen molar-refractivity contribution in [1.82, 2.24) is 14.8 Å². The normalized spacial score (nSPS) is 27.1. The first-order valence-corrected chi connectivity index (χ1v) is 8.92. The second-order valence-corrected chi connectivity index (χ2v) is 6.31. The molecular formula is C16H29N5O4. The van der Waals surface area contributed by atoms with E-state index in [9.17, 15) is 10.2 Å². The van der Waals surface area contributed by atoms with Crippen molar-refractivity contribution >= 4 is 5.84 Å². The van der Waals surface area contributed by atoms with Gasteiger partial charge < -0.3 is 25.8 Å². The van der Waals surface area contributed by atoms with Gasteiger partial charge in [-0.25, -0.2) is 9.67 Å². The first-order valence-electron chi connectivity index (χ1n) is 8.92. The van der Waals surface area contributed by atoms with Crippen molar-refractivity contribution in [2.45, 2.75) is 70.0 Å². The Kier molecular flexibility index (Phi) is 7.76. The Morgan fingerprint density at radius 1 is 1.24 bits per heavy atom. The Morgan fingerprint density at radius 3 is 2.64 bits per heavy atom. The number of hydrogen-bond donors (Lipinski definition) is 4. The number of amidine groups is 1. The predicted molar refractivity (Wildman–Crippen MR) is 92.0 cm³/mol. The molecule has 0 aliphatic carbocycles. The number of aliphatic imine (C=N–C) groups is 1. The first-order chi connectivity index (χ1) is 12.1. The molecule has 0 amide bonds. The smallest absolute Gasteiger partial charge is 0.216 e. The van der Waals surface area contributed by atoms with Gasteiger partial charge >= 0.3 is 0 Å². The quantitative estimate of drug-likeness (QED) is 0.262. The Bertz CT molecular complexity index is 550. The van der Waals surface area contributed by atoms with Gasteiger partial charge in [0.2, 0.25) is 5.82 Å². The van der Waals surface area contributed by atoms with Gasteiger partial charge in [0.1, 0.15) is 24.6 Å². The highest BCUT2D eigenvalue weighted by molar-refractivity contribution is 5.93. The van der Waals surface area contributed by atoms with Crippen LogP contribution in [0.4, 0.5) is 0 Å². The minimum absolute atomic E-state index is 0.235. The van der Waals surface area contributed by atoms with Gasteiger partial charge in [-0.15, -0.1) is 5.10 Å². The average molecular weight is 355 g/mol. The summed E-state index contributed by atoms with van der Waals surface area (Å²) in [6, 6.07) is 0. The Balaban J connectivity index is 1.84. The van der Waals surface area contributed by atoms with Crippen LogP contribution in [-0.4, -0.2) is 67.4 Å². The van der Waals surface area contributed by atoms with Crippen molar-refractivity contribution in [2.75, 3.05) is 13.2 Å². The summed E-state index contributed by atoms with van der Waals surface area (Å²) in [7, 11) is 0. The van der Waals surface area contributed by atoms with E-state index in [2.05, 4.69) is 22.0 Å². The fourth-order valence-corrected chi connectivity index (χ4v) is 2.78. The highest BCUT2D eigenvalue weighted by atomic mass is 16.6. The van der Waals surface area contributed by atoms with E-state index in [1.165, 1.54) is 36.7 Å². The SMILES string of the molecule is CCCCCCCCN=C(N)c1ncn(C2O[C@H](CO)[C@@H](O)[C@H]2O)n1. The third-order valence-corrected chi connectivity index (χ3v) is 4.31. The lowest BCUT2D eigenvalue weighted by atomic mass is 10.1. The summed E-state index contributed by atoms with van der Waals surface area (Å²) < 4.78 is 6.67. The van der Waals surface area contributed by atoms with Gasteiger partial charge in [0.25, 0.3) is 0 Å². The van der Waals surface area contributed by atoms with Gasteiger partial charge in [-0.2, -0.15) is 0 Å². The standard InChI is InChI=1S/C16H29N5O4/c1-2-3-4-5-6-7-8-18-14(17)15-19-10-21(20-15)16-13(24)12(23)11(9-22)25-16/h10-13,16,22-24H,2-9H2,1H3,(H2,17,18)/t11-,12-,13-,16?/m1/s1. The minimum Gasteiger partial charge on any atom is -0.394 e. The van der Waals surface area contributed by atoms with E-state index in [0.717, 1.165) is 12.8 Å². The van der Waals surface area contributed by atoms with E-state index in [1.54, 1.807) is 0 Å². The maximum atomic E-state index is 9.99. The van der Waals surface area contributed by atoms with Crippen LogP contribution in [0.1, 0.15) is 57.5 Å². The third kappa shape index (κ3) is 5.21. The molecule has 0 saturated carbocycles. The van der Waals surface area contributed by atoms with E-state index >= 15 is 0 Å². The molecule has 1 saturated heterocycles. The summed E-state index contributed by atoms with van der Waals surface area (Å²) in [4.78, 5) is 8.35. The van der Waals surface area contributed by atoms with Crippen molar-refractivity contribution < 1.29 is 20.1 Å². The number of aromatic nitrogens is 3. The molecule has 1 aromatic rings. The lowest BCUT2D eigenvalue weighted by Gasteiger charge is -2.13. The fourth-order valence-electron chi connectivity index (χ4n) is 2.78. The molecule has 0 radical (unpaired) electrons. The van der Waals surface area contributed by atoms with Crippen molar-refractivity contribution in [3.63, 3.8) is 0 Å². The summed E-state index contributed by atoms with van der Waals surface area (Å²) in [6.07, 6.45) is 4.28. The highest BCUT2D eigenvalue weighted by Crippen LogP contribution is 2.28. The Hall–Kier alpha value is -1.55. The highest BCUT2D eigenvalue weighted by Gasteiger charge is 2.43. The summed E-state index contributed by atoms with van der Waals surface area (Å²) in [5.74, 6) is 0.489. The van der Waals surface area contributed by atoms with Crippen molar-refractivity contribution in [3.8, 4) is 0 Å². The summed E-state index contributed by atoms with van der Waals surface area (Å²) in [6.45, 7) is 2.43. The molecule has 25 heavy (non-hydrogen) atoms. The molecule has 1 aliphatic rings. The number of aliphatic hydroxyl groups excluding tert-OH is 3. The van der Waals surface area contributed by atoms with Gasteiger partial charge in [-0.1, -0.05) is 39.0 Å². The summed E-state index contributed by atoms with van der Waals surface area (Å²) in [5, 5.41) is 33.0. The number of hydrogen-bond acceptors (Lipinski definition) is 7. The maximum absolute atomic E-state index is 9.99. The topological polar surface area (TPSA) is 139 Å². The lowest BCUT2D eigenvalue weighted by molar-refractivity contribution is -0.0588. The van der Waals surface area contributed by atoms with Crippen molar-refractivity contribution in [1.29, 1.82) is 0 Å². The number of aliphatic hydroxyl groups is 3. The first kappa shape index (κ1) is 19.8. The minimum atomic E-state index is -1.20. The van der Waals surface area contributed by atoms with Gasteiger partial charge in [-0.05, 0) is 6.42 Å². The number of ether oxygens (including phenoxy) is 1. The molecular weight excluding hydrogens is 326 g/mol. The van der Waals surface area contributed by atoms with E-state index < -0.39 is 31.1 Å². The molecule has 2 rings (SSSR count). The molecule has 1 aromatic heterocycles. The van der Waals surface area contributed by atoms with Crippen LogP contribution in [0.25, 0.3) is 0 Å². The summed E-state index contributed by atoms with van der Waals surface area (Å²) >= 11 is 0. The van der Waals surface area contributed by atoms with Crippen molar-refractivity contribution in [2.24, 2.45) is 10.7 Å². The fraction of sp³-hybridized carbons (Fsp3) is 0.812. The van der Waals surface area contributed by atoms with Crippen LogP contribution in [0.15, 0.2) is 11.3 Å². The zero-order valence-corrected chi connectivity index (χ0v) is 14.7. The van der Waals surface area contributed by atoms with Crippen LogP contribution in [0, 0.1) is 0 Å². The molecule has 142 valence electrons. The van der Waals surface area contributed by atoms with Crippen LogP contribution in [0.3, 0.4) is 0 Å². The number of unbranched alkanes of at least 4 members (excludes halogenated alkanes) is 5. The molecule has 0 spiro atoms. The van der Waals surface area contributed by atoms with Gasteiger partial charge in [0.15, 0.2) is 12.1 Å². The third-order valence-electron chi connectivity index (χ3n) is 4.31. The molecule has 4 atom stereocenters.